The zero-order valence-electron chi connectivity index (χ0n) is 13.4. The molecule has 0 aliphatic carbocycles. The minimum atomic E-state index is -0.322. The first-order valence-electron chi connectivity index (χ1n) is 7.60. The SMILES string of the molecule is CCCOc1ccc(/C=N\NC(=O)COc2ccc(Br)cc2)cc1. The van der Waals surface area contributed by atoms with E-state index in [2.05, 4.69) is 33.4 Å². The van der Waals surface area contributed by atoms with Gasteiger partial charge in [0, 0.05) is 4.47 Å². The number of benzene rings is 2. The summed E-state index contributed by atoms with van der Waals surface area (Å²) >= 11 is 3.34. The number of ether oxygens (including phenoxy) is 2. The van der Waals surface area contributed by atoms with E-state index in [4.69, 9.17) is 9.47 Å². The summed E-state index contributed by atoms with van der Waals surface area (Å²) in [5, 5.41) is 3.91. The Balaban J connectivity index is 1.74. The van der Waals surface area contributed by atoms with Crippen molar-refractivity contribution in [2.45, 2.75) is 13.3 Å². The molecule has 2 aromatic rings. The van der Waals surface area contributed by atoms with E-state index in [0.29, 0.717) is 12.4 Å². The molecule has 0 spiro atoms. The van der Waals surface area contributed by atoms with Crippen molar-refractivity contribution in [3.05, 3.63) is 58.6 Å². The highest BCUT2D eigenvalue weighted by atomic mass is 79.9. The number of hydrogen-bond acceptors (Lipinski definition) is 4. The Hall–Kier alpha value is -2.34. The van der Waals surface area contributed by atoms with Crippen molar-refractivity contribution in [2.75, 3.05) is 13.2 Å². The zero-order valence-corrected chi connectivity index (χ0v) is 15.0. The van der Waals surface area contributed by atoms with Crippen LogP contribution in [0.2, 0.25) is 0 Å². The molecule has 5 nitrogen and oxygen atoms in total. The van der Waals surface area contributed by atoms with Gasteiger partial charge < -0.3 is 9.47 Å². The lowest BCUT2D eigenvalue weighted by molar-refractivity contribution is -0.123. The Kier molecular flexibility index (Phi) is 7.29. The van der Waals surface area contributed by atoms with Gasteiger partial charge in [-0.3, -0.25) is 4.79 Å². The molecule has 0 aliphatic heterocycles. The normalized spacial score (nSPS) is 10.6. The van der Waals surface area contributed by atoms with E-state index in [1.807, 2.05) is 36.4 Å². The van der Waals surface area contributed by atoms with E-state index in [9.17, 15) is 4.79 Å². The van der Waals surface area contributed by atoms with Gasteiger partial charge in [-0.15, -0.1) is 0 Å². The molecule has 0 radical (unpaired) electrons. The van der Waals surface area contributed by atoms with Gasteiger partial charge in [0.05, 0.1) is 12.8 Å². The third kappa shape index (κ3) is 6.42. The van der Waals surface area contributed by atoms with Crippen molar-refractivity contribution in [3.63, 3.8) is 0 Å². The van der Waals surface area contributed by atoms with Crippen LogP contribution >= 0.6 is 15.9 Å². The molecule has 0 fully saturated rings. The van der Waals surface area contributed by atoms with E-state index in [1.165, 1.54) is 0 Å². The van der Waals surface area contributed by atoms with Crippen molar-refractivity contribution >= 4 is 28.1 Å². The van der Waals surface area contributed by atoms with E-state index in [-0.39, 0.29) is 12.5 Å². The third-order valence-corrected chi connectivity index (χ3v) is 3.47. The van der Waals surface area contributed by atoms with E-state index in [0.717, 1.165) is 22.2 Å². The minimum absolute atomic E-state index is 0.0945. The highest BCUT2D eigenvalue weighted by molar-refractivity contribution is 9.10. The molecule has 0 heterocycles. The Morgan fingerprint density at radius 1 is 1.08 bits per heavy atom. The predicted octanol–water partition coefficient (Wildman–Crippen LogP) is 3.77. The largest absolute Gasteiger partial charge is 0.494 e. The number of nitrogens with zero attached hydrogens (tertiary/aromatic N) is 1. The summed E-state index contributed by atoms with van der Waals surface area (Å²) in [4.78, 5) is 11.7. The average Bonchev–Trinajstić information content (AvgIpc) is 2.60. The summed E-state index contributed by atoms with van der Waals surface area (Å²) in [6.45, 7) is 2.66. The highest BCUT2D eigenvalue weighted by Crippen LogP contribution is 2.15. The fourth-order valence-electron chi connectivity index (χ4n) is 1.76. The third-order valence-electron chi connectivity index (χ3n) is 2.94. The average molecular weight is 391 g/mol. The number of nitrogens with one attached hydrogen (secondary N) is 1. The summed E-state index contributed by atoms with van der Waals surface area (Å²) in [6, 6.07) is 14.7. The maximum absolute atomic E-state index is 11.7. The lowest BCUT2D eigenvalue weighted by Crippen LogP contribution is -2.24. The van der Waals surface area contributed by atoms with Gasteiger partial charge in [-0.05, 0) is 60.5 Å². The quantitative estimate of drug-likeness (QED) is 0.551. The molecule has 2 rings (SSSR count). The van der Waals surface area contributed by atoms with Crippen molar-refractivity contribution in [2.24, 2.45) is 5.10 Å². The smallest absolute Gasteiger partial charge is 0.277 e. The summed E-state index contributed by atoms with van der Waals surface area (Å²) in [5.74, 6) is 1.12. The molecule has 1 N–H and O–H groups in total. The summed E-state index contributed by atoms with van der Waals surface area (Å²) in [7, 11) is 0. The van der Waals surface area contributed by atoms with Crippen LogP contribution in [-0.4, -0.2) is 25.3 Å². The number of halogens is 1. The van der Waals surface area contributed by atoms with Crippen LogP contribution in [-0.2, 0) is 4.79 Å². The number of hydrogen-bond donors (Lipinski definition) is 1. The second-order valence-electron chi connectivity index (χ2n) is 4.95. The van der Waals surface area contributed by atoms with Crippen molar-refractivity contribution in [1.29, 1.82) is 0 Å². The molecule has 0 bridgehead atoms. The van der Waals surface area contributed by atoms with Crippen molar-refractivity contribution < 1.29 is 14.3 Å². The van der Waals surface area contributed by atoms with Crippen molar-refractivity contribution in [3.8, 4) is 11.5 Å². The number of carbonyl (C=O) groups is 1. The first-order valence-corrected chi connectivity index (χ1v) is 8.40. The lowest BCUT2D eigenvalue weighted by atomic mass is 10.2. The van der Waals surface area contributed by atoms with E-state index >= 15 is 0 Å². The summed E-state index contributed by atoms with van der Waals surface area (Å²) in [6.07, 6.45) is 2.54. The Labute approximate surface area is 149 Å². The topological polar surface area (TPSA) is 59.9 Å². The minimum Gasteiger partial charge on any atom is -0.494 e. The molecular formula is C18H19BrN2O3. The zero-order chi connectivity index (χ0) is 17.2. The molecular weight excluding hydrogens is 372 g/mol. The molecule has 6 heteroatoms. The van der Waals surface area contributed by atoms with Gasteiger partial charge in [0.2, 0.25) is 0 Å². The van der Waals surface area contributed by atoms with E-state index in [1.54, 1.807) is 18.3 Å². The van der Waals surface area contributed by atoms with Gasteiger partial charge >= 0.3 is 0 Å². The molecule has 0 aromatic heterocycles. The molecule has 1 amide bonds. The number of hydrazone groups is 1. The predicted molar refractivity (Wildman–Crippen MR) is 97.6 cm³/mol. The van der Waals surface area contributed by atoms with Crippen LogP contribution in [0.15, 0.2) is 58.1 Å². The second-order valence-corrected chi connectivity index (χ2v) is 5.87. The van der Waals surface area contributed by atoms with Crippen LogP contribution < -0.4 is 14.9 Å². The Morgan fingerprint density at radius 3 is 2.38 bits per heavy atom. The molecule has 0 unspecified atom stereocenters. The van der Waals surface area contributed by atoms with Gasteiger partial charge in [-0.1, -0.05) is 22.9 Å². The summed E-state index contributed by atoms with van der Waals surface area (Å²) < 4.78 is 11.8. The van der Waals surface area contributed by atoms with E-state index < -0.39 is 0 Å². The van der Waals surface area contributed by atoms with Gasteiger partial charge in [-0.25, -0.2) is 5.43 Å². The Bertz CT molecular complexity index is 670. The van der Waals surface area contributed by atoms with Crippen LogP contribution in [0.25, 0.3) is 0 Å². The summed E-state index contributed by atoms with van der Waals surface area (Å²) in [5.41, 5.74) is 3.30. The number of carbonyl (C=O) groups excluding carboxylic acids is 1. The monoisotopic (exact) mass is 390 g/mol. The molecule has 126 valence electrons. The van der Waals surface area contributed by atoms with Crippen LogP contribution in [0.1, 0.15) is 18.9 Å². The number of amides is 1. The van der Waals surface area contributed by atoms with Crippen LogP contribution in [0.5, 0.6) is 11.5 Å². The molecule has 0 saturated heterocycles. The first kappa shape index (κ1) is 18.0. The Morgan fingerprint density at radius 2 is 1.71 bits per heavy atom. The number of rotatable bonds is 8. The molecule has 24 heavy (non-hydrogen) atoms. The van der Waals surface area contributed by atoms with Gasteiger partial charge in [0.15, 0.2) is 6.61 Å². The van der Waals surface area contributed by atoms with Gasteiger partial charge in [0.25, 0.3) is 5.91 Å². The van der Waals surface area contributed by atoms with Crippen molar-refractivity contribution in [1.82, 2.24) is 5.43 Å². The maximum Gasteiger partial charge on any atom is 0.277 e. The molecule has 2 aromatic carbocycles. The lowest BCUT2D eigenvalue weighted by Gasteiger charge is -2.05. The standard InChI is InChI=1S/C18H19BrN2O3/c1-2-11-23-16-7-3-14(4-8-16)12-20-21-18(22)13-24-17-9-5-15(19)6-10-17/h3-10,12H,2,11,13H2,1H3,(H,21,22)/b20-12-. The maximum atomic E-state index is 11.7. The molecule has 0 saturated carbocycles. The van der Waals surface area contributed by atoms with Crippen LogP contribution in [0.3, 0.4) is 0 Å². The molecule has 0 aliphatic rings. The first-order chi connectivity index (χ1) is 11.7. The van der Waals surface area contributed by atoms with Gasteiger partial charge in [0.1, 0.15) is 11.5 Å². The fraction of sp³-hybridized carbons (Fsp3) is 0.222. The van der Waals surface area contributed by atoms with Crippen LogP contribution in [0.4, 0.5) is 0 Å². The van der Waals surface area contributed by atoms with Gasteiger partial charge in [-0.2, -0.15) is 5.10 Å². The van der Waals surface area contributed by atoms with Crippen LogP contribution in [0, 0.1) is 0 Å². The fourth-order valence-corrected chi connectivity index (χ4v) is 2.03. The molecule has 0 atom stereocenters. The highest BCUT2D eigenvalue weighted by Gasteiger charge is 2.01. The second kappa shape index (κ2) is 9.72.